The highest BCUT2D eigenvalue weighted by Gasteiger charge is 2.23. The molecule has 0 saturated carbocycles. The van der Waals surface area contributed by atoms with Gasteiger partial charge in [-0.1, -0.05) is 19.9 Å². The summed E-state index contributed by atoms with van der Waals surface area (Å²) in [5.74, 6) is -0.0705. The van der Waals surface area contributed by atoms with Gasteiger partial charge in [0.05, 0.1) is 0 Å². The molecule has 3 N–H and O–H groups in total. The van der Waals surface area contributed by atoms with Crippen LogP contribution in [0.4, 0.5) is 10.5 Å². The number of rotatable bonds is 3. The summed E-state index contributed by atoms with van der Waals surface area (Å²) >= 11 is 0. The number of hydrogen-bond donors (Lipinski definition) is 2. The quantitative estimate of drug-likeness (QED) is 0.854. The molecule has 0 radical (unpaired) electrons. The van der Waals surface area contributed by atoms with Crippen LogP contribution in [0.15, 0.2) is 18.2 Å². The van der Waals surface area contributed by atoms with Crippen LogP contribution in [0.2, 0.25) is 0 Å². The molecule has 1 aliphatic heterocycles. The van der Waals surface area contributed by atoms with Crippen molar-refractivity contribution in [3.63, 3.8) is 0 Å². The molecule has 18 heavy (non-hydrogen) atoms. The number of nitrogens with one attached hydrogen (secondary N) is 1. The minimum absolute atomic E-state index is 0.127. The fraction of sp³-hybridized carbons (Fsp3) is 0.385. The largest absolute Gasteiger partial charge is 0.366 e. The highest BCUT2D eigenvalue weighted by atomic mass is 16.2. The van der Waals surface area contributed by atoms with Crippen molar-refractivity contribution in [1.82, 2.24) is 4.90 Å². The van der Waals surface area contributed by atoms with Gasteiger partial charge >= 0.3 is 6.03 Å². The molecule has 1 aliphatic rings. The van der Waals surface area contributed by atoms with E-state index in [4.69, 9.17) is 5.73 Å². The van der Waals surface area contributed by atoms with Crippen molar-refractivity contribution >= 4 is 17.6 Å². The maximum Gasteiger partial charge on any atom is 0.322 e. The molecule has 3 amide bonds. The van der Waals surface area contributed by atoms with Crippen molar-refractivity contribution < 1.29 is 9.59 Å². The van der Waals surface area contributed by atoms with Crippen molar-refractivity contribution in [1.29, 1.82) is 0 Å². The second kappa shape index (κ2) is 4.68. The molecule has 0 aliphatic carbocycles. The molecule has 1 aromatic carbocycles. The van der Waals surface area contributed by atoms with Gasteiger partial charge in [-0.25, -0.2) is 4.79 Å². The van der Waals surface area contributed by atoms with Gasteiger partial charge in [-0.3, -0.25) is 4.79 Å². The molecule has 1 aromatic rings. The molecule has 0 fully saturated rings. The minimum Gasteiger partial charge on any atom is -0.366 e. The predicted molar refractivity (Wildman–Crippen MR) is 69.2 cm³/mol. The Morgan fingerprint density at radius 3 is 2.83 bits per heavy atom. The fourth-order valence-corrected chi connectivity index (χ4v) is 2.04. The number of anilines is 1. The lowest BCUT2D eigenvalue weighted by atomic mass is 10.1. The molecular formula is C13H17N3O2. The molecule has 0 atom stereocenters. The topological polar surface area (TPSA) is 75.4 Å². The maximum atomic E-state index is 11.9. The Morgan fingerprint density at radius 2 is 2.22 bits per heavy atom. The molecule has 96 valence electrons. The van der Waals surface area contributed by atoms with Crippen LogP contribution in [0.1, 0.15) is 29.8 Å². The van der Waals surface area contributed by atoms with Crippen molar-refractivity contribution in [2.45, 2.75) is 20.4 Å². The summed E-state index contributed by atoms with van der Waals surface area (Å²) in [5.41, 5.74) is 7.30. The van der Waals surface area contributed by atoms with Gasteiger partial charge in [0.15, 0.2) is 0 Å². The van der Waals surface area contributed by atoms with Crippen LogP contribution >= 0.6 is 0 Å². The van der Waals surface area contributed by atoms with Gasteiger partial charge in [-0.15, -0.1) is 0 Å². The molecule has 0 saturated heterocycles. The number of urea groups is 1. The third-order valence-electron chi connectivity index (χ3n) is 2.87. The van der Waals surface area contributed by atoms with Crippen molar-refractivity contribution in [3.8, 4) is 0 Å². The SMILES string of the molecule is CC(C)CN1Cc2ccc(C(N)=O)cc2NC1=O. The zero-order valence-electron chi connectivity index (χ0n) is 10.6. The summed E-state index contributed by atoms with van der Waals surface area (Å²) in [5, 5.41) is 2.79. The first-order valence-electron chi connectivity index (χ1n) is 5.96. The van der Waals surface area contributed by atoms with E-state index in [0.717, 1.165) is 5.56 Å². The Bertz CT molecular complexity index is 497. The molecule has 0 unspecified atom stereocenters. The van der Waals surface area contributed by atoms with Crippen LogP contribution in [0.5, 0.6) is 0 Å². The molecular weight excluding hydrogens is 230 g/mol. The highest BCUT2D eigenvalue weighted by molar-refractivity contribution is 5.97. The summed E-state index contributed by atoms with van der Waals surface area (Å²) in [7, 11) is 0. The lowest BCUT2D eigenvalue weighted by Gasteiger charge is -2.30. The molecule has 2 rings (SSSR count). The third kappa shape index (κ3) is 2.45. The maximum absolute atomic E-state index is 11.9. The summed E-state index contributed by atoms with van der Waals surface area (Å²) in [6, 6.07) is 5.02. The van der Waals surface area contributed by atoms with Crippen LogP contribution in [0, 0.1) is 5.92 Å². The summed E-state index contributed by atoms with van der Waals surface area (Å²) in [6.07, 6.45) is 0. The van der Waals surface area contributed by atoms with E-state index >= 15 is 0 Å². The van der Waals surface area contributed by atoms with E-state index < -0.39 is 5.91 Å². The minimum atomic E-state index is -0.489. The van der Waals surface area contributed by atoms with Crippen LogP contribution in [-0.4, -0.2) is 23.4 Å². The fourth-order valence-electron chi connectivity index (χ4n) is 2.04. The average molecular weight is 247 g/mol. The van der Waals surface area contributed by atoms with Gasteiger partial charge in [0, 0.05) is 24.3 Å². The van der Waals surface area contributed by atoms with Crippen LogP contribution in [-0.2, 0) is 6.54 Å². The molecule has 0 spiro atoms. The number of carbonyl (C=O) groups excluding carboxylic acids is 2. The number of fused-ring (bicyclic) bond motifs is 1. The number of nitrogens with two attached hydrogens (primary N) is 1. The highest BCUT2D eigenvalue weighted by Crippen LogP contribution is 2.25. The third-order valence-corrected chi connectivity index (χ3v) is 2.87. The van der Waals surface area contributed by atoms with Crippen LogP contribution in [0.25, 0.3) is 0 Å². The second-order valence-electron chi connectivity index (χ2n) is 4.94. The smallest absolute Gasteiger partial charge is 0.322 e. The van der Waals surface area contributed by atoms with Crippen molar-refractivity contribution in [3.05, 3.63) is 29.3 Å². The Morgan fingerprint density at radius 1 is 1.50 bits per heavy atom. The number of hydrogen-bond acceptors (Lipinski definition) is 2. The first kappa shape index (κ1) is 12.4. The number of carbonyl (C=O) groups is 2. The van der Waals surface area contributed by atoms with Gasteiger partial charge in [-0.2, -0.15) is 0 Å². The standard InChI is InChI=1S/C13H17N3O2/c1-8(2)6-16-7-10-4-3-9(12(14)17)5-11(10)15-13(16)18/h3-5,8H,6-7H2,1-2H3,(H2,14,17)(H,15,18). The Kier molecular flexibility index (Phi) is 3.23. The normalized spacial score (nSPS) is 14.4. The van der Waals surface area contributed by atoms with E-state index in [9.17, 15) is 9.59 Å². The number of nitrogens with zero attached hydrogens (tertiary/aromatic N) is 1. The number of amides is 3. The van der Waals surface area contributed by atoms with Gasteiger partial charge in [-0.05, 0) is 23.6 Å². The molecule has 1 heterocycles. The average Bonchev–Trinajstić information content (AvgIpc) is 2.28. The zero-order chi connectivity index (χ0) is 13.3. The van der Waals surface area contributed by atoms with Crippen LogP contribution in [0.3, 0.4) is 0 Å². The van der Waals surface area contributed by atoms with E-state index in [1.165, 1.54) is 0 Å². The van der Waals surface area contributed by atoms with Gasteiger partial charge in [0.2, 0.25) is 5.91 Å². The molecule has 0 aromatic heterocycles. The Balaban J connectivity index is 2.25. The van der Waals surface area contributed by atoms with E-state index in [-0.39, 0.29) is 6.03 Å². The molecule has 5 nitrogen and oxygen atoms in total. The monoisotopic (exact) mass is 247 g/mol. The summed E-state index contributed by atoms with van der Waals surface area (Å²) < 4.78 is 0. The predicted octanol–water partition coefficient (Wildman–Crippen LogP) is 1.79. The Hall–Kier alpha value is -2.04. The second-order valence-corrected chi connectivity index (χ2v) is 4.94. The lowest BCUT2D eigenvalue weighted by molar-refractivity contribution is 0.1000. The number of benzene rings is 1. The van der Waals surface area contributed by atoms with E-state index in [0.29, 0.717) is 30.3 Å². The van der Waals surface area contributed by atoms with Gasteiger partial charge in [0.1, 0.15) is 0 Å². The van der Waals surface area contributed by atoms with Crippen LogP contribution < -0.4 is 11.1 Å². The van der Waals surface area contributed by atoms with E-state index in [1.54, 1.807) is 17.0 Å². The molecule has 0 bridgehead atoms. The van der Waals surface area contributed by atoms with E-state index in [2.05, 4.69) is 19.2 Å². The first-order valence-corrected chi connectivity index (χ1v) is 5.96. The lowest BCUT2D eigenvalue weighted by Crippen LogP contribution is -2.40. The van der Waals surface area contributed by atoms with E-state index in [1.807, 2.05) is 6.07 Å². The zero-order valence-corrected chi connectivity index (χ0v) is 10.6. The molecule has 5 heteroatoms. The summed E-state index contributed by atoms with van der Waals surface area (Å²) in [4.78, 5) is 24.7. The number of primary amides is 1. The first-order chi connectivity index (χ1) is 8.47. The van der Waals surface area contributed by atoms with Crippen molar-refractivity contribution in [2.24, 2.45) is 11.7 Å². The van der Waals surface area contributed by atoms with Gasteiger partial charge in [0.25, 0.3) is 0 Å². The van der Waals surface area contributed by atoms with Gasteiger partial charge < -0.3 is 16.0 Å². The Labute approximate surface area is 106 Å². The van der Waals surface area contributed by atoms with Crippen molar-refractivity contribution in [2.75, 3.05) is 11.9 Å². The summed E-state index contributed by atoms with van der Waals surface area (Å²) in [6.45, 7) is 5.42.